The van der Waals surface area contributed by atoms with E-state index in [1.54, 1.807) is 4.90 Å². The summed E-state index contributed by atoms with van der Waals surface area (Å²) in [6.45, 7) is 7.59. The van der Waals surface area contributed by atoms with Gasteiger partial charge in [-0.15, -0.1) is 0 Å². The number of nitrogens with one attached hydrogen (secondary N) is 1. The van der Waals surface area contributed by atoms with Crippen molar-refractivity contribution in [2.24, 2.45) is 0 Å². The predicted octanol–water partition coefficient (Wildman–Crippen LogP) is 2.04. The van der Waals surface area contributed by atoms with E-state index in [-0.39, 0.29) is 25.0 Å². The van der Waals surface area contributed by atoms with Gasteiger partial charge in [0.15, 0.2) is 0 Å². The zero-order chi connectivity index (χ0) is 15.3. The minimum Gasteiger partial charge on any atom is -0.480 e. The second-order valence-electron chi connectivity index (χ2n) is 5.32. The third-order valence-electron chi connectivity index (χ3n) is 2.92. The van der Waals surface area contributed by atoms with Crippen LogP contribution in [0, 0.1) is 13.8 Å². The molecule has 1 aromatic rings. The van der Waals surface area contributed by atoms with Gasteiger partial charge >= 0.3 is 5.97 Å². The molecule has 0 aliphatic heterocycles. The molecule has 0 aliphatic rings. The van der Waals surface area contributed by atoms with Crippen LogP contribution in [0.2, 0.25) is 0 Å². The van der Waals surface area contributed by atoms with E-state index in [0.29, 0.717) is 0 Å². The summed E-state index contributed by atoms with van der Waals surface area (Å²) in [5.41, 5.74) is 2.89. The van der Waals surface area contributed by atoms with Gasteiger partial charge in [0.2, 0.25) is 5.91 Å². The Kier molecular flexibility index (Phi) is 5.70. The minimum atomic E-state index is -0.932. The average molecular weight is 278 g/mol. The highest BCUT2D eigenvalue weighted by Crippen LogP contribution is 2.13. The minimum absolute atomic E-state index is 0.00362. The van der Waals surface area contributed by atoms with Crippen molar-refractivity contribution in [3.8, 4) is 0 Å². The fourth-order valence-electron chi connectivity index (χ4n) is 2.03. The van der Waals surface area contributed by atoms with Crippen LogP contribution in [0.15, 0.2) is 18.2 Å². The Morgan fingerprint density at radius 3 is 2.15 bits per heavy atom. The fourth-order valence-corrected chi connectivity index (χ4v) is 2.03. The lowest BCUT2D eigenvalue weighted by Crippen LogP contribution is -2.41. The number of hydrogen-bond donors (Lipinski definition) is 2. The molecule has 0 bridgehead atoms. The van der Waals surface area contributed by atoms with Crippen LogP contribution < -0.4 is 5.32 Å². The molecule has 2 N–H and O–H groups in total. The Hall–Kier alpha value is -1.88. The zero-order valence-electron chi connectivity index (χ0n) is 12.4. The first kappa shape index (κ1) is 16.2. The van der Waals surface area contributed by atoms with Crippen molar-refractivity contribution < 1.29 is 14.7 Å². The molecule has 20 heavy (non-hydrogen) atoms. The van der Waals surface area contributed by atoms with Crippen molar-refractivity contribution in [3.05, 3.63) is 29.3 Å². The van der Waals surface area contributed by atoms with E-state index in [1.807, 2.05) is 45.9 Å². The Bertz CT molecular complexity index is 478. The Morgan fingerprint density at radius 2 is 1.70 bits per heavy atom. The van der Waals surface area contributed by atoms with Gasteiger partial charge in [0.1, 0.15) is 0 Å². The molecule has 110 valence electrons. The van der Waals surface area contributed by atoms with Gasteiger partial charge in [0.05, 0.1) is 13.1 Å². The van der Waals surface area contributed by atoms with Crippen molar-refractivity contribution in [2.45, 2.75) is 33.7 Å². The quantitative estimate of drug-likeness (QED) is 0.835. The molecule has 0 saturated carbocycles. The van der Waals surface area contributed by atoms with E-state index in [2.05, 4.69) is 5.32 Å². The van der Waals surface area contributed by atoms with Gasteiger partial charge in [-0.3, -0.25) is 14.5 Å². The molecule has 0 aromatic heterocycles. The first-order chi connectivity index (χ1) is 9.27. The topological polar surface area (TPSA) is 69.6 Å². The number of carbonyl (C=O) groups is 2. The summed E-state index contributed by atoms with van der Waals surface area (Å²) in [7, 11) is 0. The van der Waals surface area contributed by atoms with Crippen LogP contribution >= 0.6 is 0 Å². The lowest BCUT2D eigenvalue weighted by atomic mass is 10.1. The number of nitrogens with zero attached hydrogens (tertiary/aromatic N) is 1. The highest BCUT2D eigenvalue weighted by molar-refractivity contribution is 5.92. The van der Waals surface area contributed by atoms with Crippen LogP contribution in [0.4, 0.5) is 5.69 Å². The van der Waals surface area contributed by atoms with Crippen molar-refractivity contribution >= 4 is 17.6 Å². The molecular weight excluding hydrogens is 256 g/mol. The molecule has 0 heterocycles. The molecule has 5 heteroatoms. The van der Waals surface area contributed by atoms with Crippen LogP contribution in [-0.2, 0) is 9.59 Å². The van der Waals surface area contributed by atoms with Gasteiger partial charge in [-0.25, -0.2) is 0 Å². The number of carbonyl (C=O) groups excluding carboxylic acids is 1. The van der Waals surface area contributed by atoms with E-state index in [4.69, 9.17) is 5.11 Å². The van der Waals surface area contributed by atoms with Crippen LogP contribution in [-0.4, -0.2) is 41.0 Å². The van der Waals surface area contributed by atoms with Crippen LogP contribution in [0.25, 0.3) is 0 Å². The number of hydrogen-bond acceptors (Lipinski definition) is 3. The molecule has 1 aromatic carbocycles. The molecule has 0 radical (unpaired) electrons. The Morgan fingerprint density at radius 1 is 1.15 bits per heavy atom. The highest BCUT2D eigenvalue weighted by Gasteiger charge is 2.17. The summed E-state index contributed by atoms with van der Waals surface area (Å²) in [6, 6.07) is 5.81. The van der Waals surface area contributed by atoms with Crippen LogP contribution in [0.3, 0.4) is 0 Å². The lowest BCUT2D eigenvalue weighted by Gasteiger charge is -2.23. The second kappa shape index (κ2) is 7.05. The van der Waals surface area contributed by atoms with Gasteiger partial charge in [0.25, 0.3) is 0 Å². The fraction of sp³-hybridized carbons (Fsp3) is 0.467. The SMILES string of the molecule is Cc1cc(C)cc(NC(=O)CN(CC(=O)O)C(C)C)c1. The largest absolute Gasteiger partial charge is 0.480 e. The third kappa shape index (κ3) is 5.40. The van der Waals surface area contributed by atoms with Crippen LogP contribution in [0.5, 0.6) is 0 Å². The first-order valence-electron chi connectivity index (χ1n) is 6.62. The number of aliphatic carboxylic acids is 1. The number of benzene rings is 1. The molecular formula is C15H22N2O3. The summed E-state index contributed by atoms with van der Waals surface area (Å²) in [4.78, 5) is 24.4. The second-order valence-corrected chi connectivity index (χ2v) is 5.32. The maximum atomic E-state index is 12.0. The number of carboxylic acid groups (broad SMARTS) is 1. The molecule has 0 atom stereocenters. The molecule has 0 unspecified atom stereocenters. The molecule has 5 nitrogen and oxygen atoms in total. The van der Waals surface area contributed by atoms with E-state index < -0.39 is 5.97 Å². The zero-order valence-corrected chi connectivity index (χ0v) is 12.4. The number of carboxylic acids is 1. The first-order valence-corrected chi connectivity index (χ1v) is 6.62. The molecule has 0 saturated heterocycles. The normalized spacial score (nSPS) is 10.9. The van der Waals surface area contributed by atoms with Crippen molar-refractivity contribution in [1.29, 1.82) is 0 Å². The van der Waals surface area contributed by atoms with E-state index in [0.717, 1.165) is 16.8 Å². The van der Waals surface area contributed by atoms with Gasteiger partial charge in [0, 0.05) is 11.7 Å². The van der Waals surface area contributed by atoms with E-state index in [9.17, 15) is 9.59 Å². The van der Waals surface area contributed by atoms with Crippen molar-refractivity contribution in [1.82, 2.24) is 4.90 Å². The van der Waals surface area contributed by atoms with Crippen molar-refractivity contribution in [2.75, 3.05) is 18.4 Å². The maximum Gasteiger partial charge on any atom is 0.317 e. The standard InChI is InChI=1S/C15H22N2O3/c1-10(2)17(9-15(19)20)8-14(18)16-13-6-11(3)5-12(4)7-13/h5-7,10H,8-9H2,1-4H3,(H,16,18)(H,19,20). The molecule has 1 rings (SSSR count). The average Bonchev–Trinajstić information content (AvgIpc) is 2.25. The summed E-state index contributed by atoms with van der Waals surface area (Å²) in [6.07, 6.45) is 0. The van der Waals surface area contributed by atoms with Gasteiger partial charge in [-0.05, 0) is 51.0 Å². The summed E-state index contributed by atoms with van der Waals surface area (Å²) >= 11 is 0. The summed E-state index contributed by atoms with van der Waals surface area (Å²) in [5, 5.41) is 11.6. The number of anilines is 1. The Balaban J connectivity index is 2.67. The van der Waals surface area contributed by atoms with Crippen molar-refractivity contribution in [3.63, 3.8) is 0 Å². The molecule has 0 aliphatic carbocycles. The molecule has 0 fully saturated rings. The van der Waals surface area contributed by atoms with Gasteiger partial charge in [-0.2, -0.15) is 0 Å². The van der Waals surface area contributed by atoms with Gasteiger partial charge in [-0.1, -0.05) is 6.07 Å². The highest BCUT2D eigenvalue weighted by atomic mass is 16.4. The van der Waals surface area contributed by atoms with E-state index >= 15 is 0 Å². The third-order valence-corrected chi connectivity index (χ3v) is 2.92. The molecule has 0 spiro atoms. The monoisotopic (exact) mass is 278 g/mol. The van der Waals surface area contributed by atoms with Gasteiger partial charge < -0.3 is 10.4 Å². The van der Waals surface area contributed by atoms with Crippen LogP contribution in [0.1, 0.15) is 25.0 Å². The predicted molar refractivity (Wildman–Crippen MR) is 78.9 cm³/mol. The number of aryl methyl sites for hydroxylation is 2. The number of amides is 1. The lowest BCUT2D eigenvalue weighted by molar-refractivity contribution is -0.139. The maximum absolute atomic E-state index is 12.0. The summed E-state index contributed by atoms with van der Waals surface area (Å²) < 4.78 is 0. The van der Waals surface area contributed by atoms with E-state index in [1.165, 1.54) is 0 Å². The summed E-state index contributed by atoms with van der Waals surface area (Å²) in [5.74, 6) is -1.14. The number of rotatable bonds is 6. The Labute approximate surface area is 119 Å². The smallest absolute Gasteiger partial charge is 0.317 e. The molecule has 1 amide bonds.